The van der Waals surface area contributed by atoms with E-state index in [4.69, 9.17) is 4.74 Å². The summed E-state index contributed by atoms with van der Waals surface area (Å²) in [5.41, 5.74) is 0.958. The standard InChI is InChI=1S/C11H12O3/c12-7-4-5-9-10(7)6-2-1-3-8(13)11(6)14-9/h1-3,7,9-10,12-13H,4-5H2. The Bertz CT molecular complexity index is 375. The molecule has 1 fully saturated rings. The zero-order chi connectivity index (χ0) is 9.71. The highest BCUT2D eigenvalue weighted by atomic mass is 16.5. The average molecular weight is 192 g/mol. The first-order valence-corrected chi connectivity index (χ1v) is 4.94. The number of para-hydroxylation sites is 1. The smallest absolute Gasteiger partial charge is 0.165 e. The lowest BCUT2D eigenvalue weighted by Gasteiger charge is -2.11. The molecule has 1 aliphatic carbocycles. The Balaban J connectivity index is 2.11. The molecule has 1 aromatic rings. The van der Waals surface area contributed by atoms with Crippen molar-refractivity contribution in [2.24, 2.45) is 0 Å². The maximum atomic E-state index is 9.78. The number of phenolic OH excluding ortho intramolecular Hbond substituents is 1. The molecule has 0 radical (unpaired) electrons. The Labute approximate surface area is 81.9 Å². The van der Waals surface area contributed by atoms with Crippen molar-refractivity contribution in [2.75, 3.05) is 0 Å². The summed E-state index contributed by atoms with van der Waals surface area (Å²) >= 11 is 0. The van der Waals surface area contributed by atoms with Crippen molar-refractivity contribution in [1.29, 1.82) is 0 Å². The van der Waals surface area contributed by atoms with E-state index >= 15 is 0 Å². The van der Waals surface area contributed by atoms with Gasteiger partial charge in [0, 0.05) is 5.56 Å². The fraction of sp³-hybridized carbons (Fsp3) is 0.455. The highest BCUT2D eigenvalue weighted by molar-refractivity contribution is 5.51. The normalized spacial score (nSPS) is 33.6. The van der Waals surface area contributed by atoms with Gasteiger partial charge in [0.25, 0.3) is 0 Å². The third-order valence-corrected chi connectivity index (χ3v) is 3.22. The van der Waals surface area contributed by atoms with Crippen LogP contribution in [0.25, 0.3) is 0 Å². The van der Waals surface area contributed by atoms with E-state index in [2.05, 4.69) is 0 Å². The quantitative estimate of drug-likeness (QED) is 0.653. The Kier molecular flexibility index (Phi) is 1.53. The van der Waals surface area contributed by atoms with E-state index < -0.39 is 0 Å². The zero-order valence-corrected chi connectivity index (χ0v) is 7.68. The van der Waals surface area contributed by atoms with Crippen molar-refractivity contribution in [1.82, 2.24) is 0 Å². The maximum absolute atomic E-state index is 9.78. The van der Waals surface area contributed by atoms with Gasteiger partial charge >= 0.3 is 0 Å². The predicted octanol–water partition coefficient (Wildman–Crippen LogP) is 1.39. The first-order valence-electron chi connectivity index (χ1n) is 4.94. The maximum Gasteiger partial charge on any atom is 0.165 e. The van der Waals surface area contributed by atoms with Crippen LogP contribution in [0.2, 0.25) is 0 Å². The van der Waals surface area contributed by atoms with E-state index in [-0.39, 0.29) is 23.9 Å². The molecule has 3 rings (SSSR count). The number of aliphatic hydroxyl groups is 1. The van der Waals surface area contributed by atoms with Crippen LogP contribution in [0.1, 0.15) is 24.3 Å². The Morgan fingerprint density at radius 2 is 2.14 bits per heavy atom. The molecule has 0 spiro atoms. The summed E-state index contributed by atoms with van der Waals surface area (Å²) in [6.07, 6.45) is 1.42. The number of hydrogen-bond donors (Lipinski definition) is 2. The average Bonchev–Trinajstić information content (AvgIpc) is 2.68. The molecule has 3 heteroatoms. The van der Waals surface area contributed by atoms with Crippen LogP contribution in [0, 0.1) is 0 Å². The van der Waals surface area contributed by atoms with Gasteiger partial charge in [0.05, 0.1) is 12.0 Å². The molecule has 3 nitrogen and oxygen atoms in total. The van der Waals surface area contributed by atoms with Crippen LogP contribution in [0.5, 0.6) is 11.5 Å². The number of rotatable bonds is 0. The Morgan fingerprint density at radius 1 is 1.29 bits per heavy atom. The van der Waals surface area contributed by atoms with Gasteiger partial charge in [-0.15, -0.1) is 0 Å². The summed E-state index contributed by atoms with van der Waals surface area (Å²) in [6.45, 7) is 0. The predicted molar refractivity (Wildman–Crippen MR) is 50.5 cm³/mol. The molecule has 3 atom stereocenters. The minimum Gasteiger partial charge on any atom is -0.504 e. The second-order valence-corrected chi connectivity index (χ2v) is 4.02. The molecule has 74 valence electrons. The van der Waals surface area contributed by atoms with Crippen molar-refractivity contribution < 1.29 is 14.9 Å². The fourth-order valence-electron chi connectivity index (χ4n) is 2.57. The summed E-state index contributed by atoms with van der Waals surface area (Å²) in [6, 6.07) is 5.34. The van der Waals surface area contributed by atoms with Gasteiger partial charge in [0.15, 0.2) is 11.5 Å². The number of aromatic hydroxyl groups is 1. The van der Waals surface area contributed by atoms with E-state index in [0.717, 1.165) is 18.4 Å². The topological polar surface area (TPSA) is 49.7 Å². The number of fused-ring (bicyclic) bond motifs is 3. The number of hydrogen-bond acceptors (Lipinski definition) is 3. The van der Waals surface area contributed by atoms with Crippen LogP contribution in [0.4, 0.5) is 0 Å². The van der Waals surface area contributed by atoms with Crippen molar-refractivity contribution >= 4 is 0 Å². The molecular formula is C11H12O3. The van der Waals surface area contributed by atoms with Crippen molar-refractivity contribution in [3.63, 3.8) is 0 Å². The second-order valence-electron chi connectivity index (χ2n) is 4.02. The molecule has 1 heterocycles. The van der Waals surface area contributed by atoms with Crippen LogP contribution < -0.4 is 4.74 Å². The molecule has 0 bridgehead atoms. The minimum atomic E-state index is -0.317. The third-order valence-electron chi connectivity index (χ3n) is 3.22. The lowest BCUT2D eigenvalue weighted by atomic mass is 9.96. The molecule has 2 N–H and O–H groups in total. The lowest BCUT2D eigenvalue weighted by Crippen LogP contribution is -2.18. The molecule has 2 aliphatic rings. The number of aliphatic hydroxyl groups excluding tert-OH is 1. The summed E-state index contributed by atoms with van der Waals surface area (Å²) in [5, 5.41) is 19.3. The van der Waals surface area contributed by atoms with E-state index in [1.807, 2.05) is 6.07 Å². The molecule has 0 amide bonds. The third kappa shape index (κ3) is 0.904. The number of ether oxygens (including phenoxy) is 1. The zero-order valence-electron chi connectivity index (χ0n) is 7.68. The molecule has 0 saturated heterocycles. The van der Waals surface area contributed by atoms with Crippen LogP contribution >= 0.6 is 0 Å². The first kappa shape index (κ1) is 8.12. The summed E-state index contributed by atoms with van der Waals surface area (Å²) in [7, 11) is 0. The highest BCUT2D eigenvalue weighted by Crippen LogP contribution is 2.50. The molecular weight excluding hydrogens is 180 g/mol. The molecule has 1 saturated carbocycles. The Hall–Kier alpha value is -1.22. The molecule has 1 aromatic carbocycles. The minimum absolute atomic E-state index is 0.0632. The molecule has 1 aliphatic heterocycles. The second kappa shape index (κ2) is 2.64. The lowest BCUT2D eigenvalue weighted by molar-refractivity contribution is 0.142. The van der Waals surface area contributed by atoms with Gasteiger partial charge in [-0.05, 0) is 18.9 Å². The molecule has 3 unspecified atom stereocenters. The summed E-state index contributed by atoms with van der Waals surface area (Å²) in [4.78, 5) is 0. The van der Waals surface area contributed by atoms with Crippen molar-refractivity contribution in [3.8, 4) is 11.5 Å². The van der Waals surface area contributed by atoms with Crippen molar-refractivity contribution in [2.45, 2.75) is 31.0 Å². The monoisotopic (exact) mass is 192 g/mol. The van der Waals surface area contributed by atoms with E-state index in [9.17, 15) is 10.2 Å². The summed E-state index contributed by atoms with van der Waals surface area (Å²) < 4.78 is 5.62. The SMILES string of the molecule is Oc1cccc2c1OC1CCC(O)C21. The van der Waals surface area contributed by atoms with Gasteiger partial charge in [-0.3, -0.25) is 0 Å². The fourth-order valence-corrected chi connectivity index (χ4v) is 2.57. The van der Waals surface area contributed by atoms with E-state index in [1.54, 1.807) is 12.1 Å². The molecule has 0 aromatic heterocycles. The Morgan fingerprint density at radius 3 is 3.00 bits per heavy atom. The van der Waals surface area contributed by atoms with Gasteiger partial charge in [-0.25, -0.2) is 0 Å². The van der Waals surface area contributed by atoms with Gasteiger partial charge < -0.3 is 14.9 Å². The number of phenols is 1. The van der Waals surface area contributed by atoms with Gasteiger partial charge in [-0.1, -0.05) is 12.1 Å². The van der Waals surface area contributed by atoms with Crippen LogP contribution in [-0.4, -0.2) is 22.4 Å². The van der Waals surface area contributed by atoms with Crippen LogP contribution in [0.3, 0.4) is 0 Å². The van der Waals surface area contributed by atoms with Crippen molar-refractivity contribution in [3.05, 3.63) is 23.8 Å². The van der Waals surface area contributed by atoms with Crippen LogP contribution in [0.15, 0.2) is 18.2 Å². The number of benzene rings is 1. The molecule has 14 heavy (non-hydrogen) atoms. The van der Waals surface area contributed by atoms with Crippen LogP contribution in [-0.2, 0) is 0 Å². The van der Waals surface area contributed by atoms with Gasteiger partial charge in [-0.2, -0.15) is 0 Å². The van der Waals surface area contributed by atoms with Gasteiger partial charge in [0.1, 0.15) is 6.10 Å². The summed E-state index contributed by atoms with van der Waals surface area (Å²) in [5.74, 6) is 0.822. The van der Waals surface area contributed by atoms with E-state index in [1.165, 1.54) is 0 Å². The first-order chi connectivity index (χ1) is 6.77. The highest BCUT2D eigenvalue weighted by Gasteiger charge is 2.44. The van der Waals surface area contributed by atoms with Gasteiger partial charge in [0.2, 0.25) is 0 Å². The largest absolute Gasteiger partial charge is 0.504 e. The van der Waals surface area contributed by atoms with E-state index in [0.29, 0.717) is 5.75 Å².